The normalized spacial score (nSPS) is 11.7. The average Bonchev–Trinajstić information content (AvgIpc) is 3.82. The first kappa shape index (κ1) is 30.8. The van der Waals surface area contributed by atoms with E-state index in [1.54, 1.807) is 0 Å². The van der Waals surface area contributed by atoms with Gasteiger partial charge in [-0.2, -0.15) is 0 Å². The molecule has 0 atom stereocenters. The Bertz CT molecular complexity index is 3210. The molecule has 0 aliphatic carbocycles. The molecule has 2 nitrogen and oxygen atoms in total. The molecule has 11 rings (SSSR count). The highest BCUT2D eigenvalue weighted by Crippen LogP contribution is 2.48. The van der Waals surface area contributed by atoms with Crippen molar-refractivity contribution in [2.45, 2.75) is 0 Å². The lowest BCUT2D eigenvalue weighted by atomic mass is 9.83. The third-order valence-electron chi connectivity index (χ3n) is 10.8. The van der Waals surface area contributed by atoms with Gasteiger partial charge >= 0.3 is 0 Å². The zero-order valence-corrected chi connectivity index (χ0v) is 30.1. The van der Waals surface area contributed by atoms with Gasteiger partial charge in [0.15, 0.2) is 0 Å². The number of para-hydroxylation sites is 3. The first-order valence-electron chi connectivity index (χ1n) is 18.4. The summed E-state index contributed by atoms with van der Waals surface area (Å²) in [5.41, 5.74) is 11.5. The van der Waals surface area contributed by atoms with Crippen LogP contribution in [0.1, 0.15) is 0 Å². The molecule has 0 saturated heterocycles. The van der Waals surface area contributed by atoms with Gasteiger partial charge < -0.3 is 0 Å². The van der Waals surface area contributed by atoms with Crippen molar-refractivity contribution < 1.29 is 0 Å². The minimum absolute atomic E-state index is 0.926. The fraction of sp³-hybridized carbons (Fsp3) is 0. The van der Waals surface area contributed by atoms with Crippen LogP contribution in [0, 0.1) is 0 Å². The minimum Gasteiger partial charge on any atom is -0.292 e. The molecule has 0 bridgehead atoms. The van der Waals surface area contributed by atoms with Crippen molar-refractivity contribution in [3.63, 3.8) is 0 Å². The van der Waals surface area contributed by atoms with Crippen LogP contribution in [-0.4, -0.2) is 9.55 Å². The lowest BCUT2D eigenvalue weighted by Crippen LogP contribution is -1.99. The maximum Gasteiger partial charge on any atom is 0.146 e. The molecule has 0 unspecified atom stereocenters. The molecule has 2 heterocycles. The number of hydrogen-bond donors (Lipinski definition) is 0. The zero-order valence-electron chi connectivity index (χ0n) is 29.3. The number of hydrogen-bond acceptors (Lipinski definition) is 2. The second-order valence-corrected chi connectivity index (χ2v) is 15.0. The van der Waals surface area contributed by atoms with Gasteiger partial charge in [-0.15, -0.1) is 11.3 Å². The summed E-state index contributed by atoms with van der Waals surface area (Å²) in [6.07, 6.45) is 0. The van der Waals surface area contributed by atoms with E-state index < -0.39 is 0 Å². The summed E-state index contributed by atoms with van der Waals surface area (Å²) < 4.78 is 4.94. The summed E-state index contributed by atoms with van der Waals surface area (Å²) in [6.45, 7) is 0. The first-order valence-corrected chi connectivity index (χ1v) is 19.2. The molecule has 0 saturated carbocycles. The molecule has 54 heavy (non-hydrogen) atoms. The fourth-order valence-electron chi connectivity index (χ4n) is 8.41. The second kappa shape index (κ2) is 12.4. The molecule has 0 aliphatic rings. The Hall–Kier alpha value is -6.81. The number of benzene rings is 9. The van der Waals surface area contributed by atoms with Crippen LogP contribution in [0.2, 0.25) is 0 Å². The number of fused-ring (bicyclic) bond motifs is 6. The van der Waals surface area contributed by atoms with E-state index >= 15 is 0 Å². The Kier molecular flexibility index (Phi) is 7.07. The molecule has 0 amide bonds. The molecule has 0 aliphatic heterocycles. The van der Waals surface area contributed by atoms with Crippen molar-refractivity contribution in [2.75, 3.05) is 0 Å². The second-order valence-electron chi connectivity index (χ2n) is 13.9. The Balaban J connectivity index is 1.25. The lowest BCUT2D eigenvalue weighted by Gasteiger charge is -2.20. The van der Waals surface area contributed by atoms with Gasteiger partial charge in [0, 0.05) is 31.4 Å². The van der Waals surface area contributed by atoms with Crippen molar-refractivity contribution in [2.24, 2.45) is 0 Å². The van der Waals surface area contributed by atoms with E-state index in [0.717, 1.165) is 33.7 Å². The van der Waals surface area contributed by atoms with E-state index in [1.165, 1.54) is 69.5 Å². The number of imidazole rings is 1. The number of rotatable bonds is 5. The molecule has 0 radical (unpaired) electrons. The van der Waals surface area contributed by atoms with E-state index in [9.17, 15) is 0 Å². The van der Waals surface area contributed by atoms with Crippen molar-refractivity contribution in [1.82, 2.24) is 9.55 Å². The highest BCUT2D eigenvalue weighted by Gasteiger charge is 2.23. The summed E-state index contributed by atoms with van der Waals surface area (Å²) in [7, 11) is 0. The Morgan fingerprint density at radius 3 is 1.80 bits per heavy atom. The molecule has 9 aromatic carbocycles. The van der Waals surface area contributed by atoms with E-state index in [0.29, 0.717) is 0 Å². The van der Waals surface area contributed by atoms with Crippen LogP contribution in [-0.2, 0) is 0 Å². The topological polar surface area (TPSA) is 17.8 Å². The van der Waals surface area contributed by atoms with E-state index in [-0.39, 0.29) is 0 Å². The van der Waals surface area contributed by atoms with E-state index in [1.807, 2.05) is 11.3 Å². The fourth-order valence-corrected chi connectivity index (χ4v) is 9.50. The van der Waals surface area contributed by atoms with Gasteiger partial charge in [-0.25, -0.2) is 4.98 Å². The maximum atomic E-state index is 5.34. The van der Waals surface area contributed by atoms with Gasteiger partial charge in [0.25, 0.3) is 0 Å². The quantitative estimate of drug-likeness (QED) is 0.163. The van der Waals surface area contributed by atoms with Gasteiger partial charge in [0.1, 0.15) is 5.82 Å². The van der Waals surface area contributed by atoms with Crippen molar-refractivity contribution in [3.8, 4) is 50.5 Å². The van der Waals surface area contributed by atoms with Crippen LogP contribution < -0.4 is 0 Å². The minimum atomic E-state index is 0.926. The molecule has 3 heteroatoms. The van der Waals surface area contributed by atoms with Crippen molar-refractivity contribution >= 4 is 64.1 Å². The number of nitrogens with zero attached hydrogens (tertiary/aromatic N) is 2. The largest absolute Gasteiger partial charge is 0.292 e. The molecule has 0 N–H and O–H groups in total. The predicted molar refractivity (Wildman–Crippen MR) is 231 cm³/mol. The van der Waals surface area contributed by atoms with Crippen LogP contribution >= 0.6 is 11.3 Å². The highest BCUT2D eigenvalue weighted by molar-refractivity contribution is 7.25. The molecular formula is C51H32N2S. The number of aromatic nitrogens is 2. The van der Waals surface area contributed by atoms with Gasteiger partial charge in [0.05, 0.1) is 11.0 Å². The summed E-state index contributed by atoms with van der Waals surface area (Å²) >= 11 is 1.86. The third kappa shape index (κ3) is 4.83. The number of thiophene rings is 1. The van der Waals surface area contributed by atoms with Gasteiger partial charge in [-0.3, -0.25) is 4.57 Å². The van der Waals surface area contributed by atoms with Crippen molar-refractivity contribution in [3.05, 3.63) is 194 Å². The van der Waals surface area contributed by atoms with Gasteiger partial charge in [-0.05, 0) is 103 Å². The molecule has 2 aromatic heterocycles. The molecule has 0 spiro atoms. The molecule has 0 fully saturated rings. The molecule has 252 valence electrons. The summed E-state index contributed by atoms with van der Waals surface area (Å²) in [5.74, 6) is 0.926. The first-order chi connectivity index (χ1) is 26.8. The zero-order chi connectivity index (χ0) is 35.6. The predicted octanol–water partition coefficient (Wildman–Crippen LogP) is 14.4. The van der Waals surface area contributed by atoms with Crippen molar-refractivity contribution in [1.29, 1.82) is 0 Å². The van der Waals surface area contributed by atoms with Gasteiger partial charge in [-0.1, -0.05) is 146 Å². The smallest absolute Gasteiger partial charge is 0.146 e. The van der Waals surface area contributed by atoms with Crippen LogP contribution in [0.4, 0.5) is 0 Å². The van der Waals surface area contributed by atoms with E-state index in [2.05, 4.69) is 199 Å². The third-order valence-corrected chi connectivity index (χ3v) is 12.0. The van der Waals surface area contributed by atoms with Crippen LogP contribution in [0.25, 0.3) is 103 Å². The molecular weight excluding hydrogens is 673 g/mol. The SMILES string of the molecule is c1ccc(-c2ccc3c(-c4ccccc4-c4nc5ccccc5n4-c4ccccc4)c4ccccc4c(-c4ccc5sc6ccccc6c5c4)c3c2)cc1. The van der Waals surface area contributed by atoms with Gasteiger partial charge in [0.2, 0.25) is 0 Å². The lowest BCUT2D eigenvalue weighted by molar-refractivity contribution is 1.10. The summed E-state index contributed by atoms with van der Waals surface area (Å²) in [6, 6.07) is 70.4. The Labute approximate surface area is 316 Å². The Morgan fingerprint density at radius 2 is 0.963 bits per heavy atom. The van der Waals surface area contributed by atoms with Crippen LogP contribution in [0.5, 0.6) is 0 Å². The van der Waals surface area contributed by atoms with Crippen LogP contribution in [0.15, 0.2) is 194 Å². The highest BCUT2D eigenvalue weighted by atomic mass is 32.1. The van der Waals surface area contributed by atoms with E-state index in [4.69, 9.17) is 4.98 Å². The molecule has 11 aromatic rings. The summed E-state index contributed by atoms with van der Waals surface area (Å²) in [5, 5.41) is 7.51. The summed E-state index contributed by atoms with van der Waals surface area (Å²) in [4.78, 5) is 5.34. The average molecular weight is 705 g/mol. The van der Waals surface area contributed by atoms with Crippen LogP contribution in [0.3, 0.4) is 0 Å². The Morgan fingerprint density at radius 1 is 0.370 bits per heavy atom. The standard InChI is InChI=1S/C51H32N2S/c1-3-15-33(16-4-1)34-27-29-41-44(31-34)49(35-28-30-48-43(32-35)37-19-11-14-26-47(37)54-48)38-20-7-8-21-39(38)50(41)40-22-9-10-23-42(40)51-52-45-24-12-13-25-46(45)53(51)36-17-5-2-6-18-36/h1-32H. The monoisotopic (exact) mass is 704 g/mol. The maximum absolute atomic E-state index is 5.34.